The number of amides is 3. The van der Waals surface area contributed by atoms with Crippen molar-refractivity contribution in [3.63, 3.8) is 0 Å². The van der Waals surface area contributed by atoms with E-state index in [9.17, 15) is 14.4 Å². The number of hydrogen-bond acceptors (Lipinski definition) is 5. The maximum atomic E-state index is 13.5. The fraction of sp³-hybridized carbons (Fsp3) is 0.423. The van der Waals surface area contributed by atoms with Gasteiger partial charge in [0.25, 0.3) is 5.91 Å². The maximum Gasteiger partial charge on any atom is 0.251 e. The van der Waals surface area contributed by atoms with Gasteiger partial charge in [-0.25, -0.2) is 0 Å². The van der Waals surface area contributed by atoms with Gasteiger partial charge in [-0.1, -0.05) is 23.7 Å². The first-order chi connectivity index (χ1) is 16.9. The van der Waals surface area contributed by atoms with E-state index in [1.165, 1.54) is 0 Å². The van der Waals surface area contributed by atoms with Gasteiger partial charge in [-0.3, -0.25) is 14.4 Å². The van der Waals surface area contributed by atoms with Crippen LogP contribution in [0, 0.1) is 0 Å². The molecule has 35 heavy (non-hydrogen) atoms. The third-order valence-electron chi connectivity index (χ3n) is 6.87. The minimum Gasteiger partial charge on any atom is -0.497 e. The van der Waals surface area contributed by atoms with Gasteiger partial charge in [-0.05, 0) is 80.7 Å². The van der Waals surface area contributed by atoms with Crippen molar-refractivity contribution in [3.8, 4) is 5.75 Å². The first-order valence-electron chi connectivity index (χ1n) is 11.9. The zero-order valence-electron chi connectivity index (χ0n) is 19.8. The molecule has 0 aromatic heterocycles. The molecule has 1 saturated heterocycles. The highest BCUT2D eigenvalue weighted by Crippen LogP contribution is 2.49. The molecule has 2 fully saturated rings. The average molecular weight is 499 g/mol. The Morgan fingerprint density at radius 1 is 0.886 bits per heavy atom. The Bertz CT molecular complexity index is 1060. The quantitative estimate of drug-likeness (QED) is 0.396. The molecule has 2 aliphatic rings. The second kappa shape index (κ2) is 10.7. The highest BCUT2D eigenvalue weighted by molar-refractivity contribution is 6.30. The zero-order chi connectivity index (χ0) is 24.9. The summed E-state index contributed by atoms with van der Waals surface area (Å²) in [6.45, 7) is 1.80. The molecule has 4 N–H and O–H groups in total. The lowest BCUT2D eigenvalue weighted by Crippen LogP contribution is -2.64. The molecule has 1 aliphatic heterocycles. The molecule has 1 heterocycles. The molecule has 0 bridgehead atoms. The van der Waals surface area contributed by atoms with Gasteiger partial charge in [0.05, 0.1) is 12.5 Å². The minimum absolute atomic E-state index is 0.115. The van der Waals surface area contributed by atoms with Crippen LogP contribution in [0.5, 0.6) is 5.75 Å². The van der Waals surface area contributed by atoms with Crippen LogP contribution in [-0.2, 0) is 15.0 Å². The van der Waals surface area contributed by atoms with E-state index in [1.807, 2.05) is 24.3 Å². The molecule has 9 heteroatoms. The van der Waals surface area contributed by atoms with Crippen molar-refractivity contribution in [1.29, 1.82) is 0 Å². The van der Waals surface area contributed by atoms with Crippen LogP contribution in [0.4, 0.5) is 0 Å². The molecule has 2 aromatic carbocycles. The van der Waals surface area contributed by atoms with Crippen molar-refractivity contribution in [2.24, 2.45) is 0 Å². The maximum absolute atomic E-state index is 13.5. The monoisotopic (exact) mass is 498 g/mol. The van der Waals surface area contributed by atoms with Gasteiger partial charge in [0.1, 0.15) is 11.3 Å². The second-order valence-corrected chi connectivity index (χ2v) is 9.55. The van der Waals surface area contributed by atoms with E-state index in [4.69, 9.17) is 16.3 Å². The molecular formula is C26H31ClN4O4. The van der Waals surface area contributed by atoms with Gasteiger partial charge < -0.3 is 26.0 Å². The van der Waals surface area contributed by atoms with Crippen LogP contribution in [0.25, 0.3) is 0 Å². The molecule has 8 nitrogen and oxygen atoms in total. The smallest absolute Gasteiger partial charge is 0.251 e. The van der Waals surface area contributed by atoms with Gasteiger partial charge in [-0.2, -0.15) is 0 Å². The zero-order valence-corrected chi connectivity index (χ0v) is 20.5. The van der Waals surface area contributed by atoms with Crippen LogP contribution >= 0.6 is 11.6 Å². The summed E-state index contributed by atoms with van der Waals surface area (Å²) in [7, 11) is 1.61. The van der Waals surface area contributed by atoms with Gasteiger partial charge in [0, 0.05) is 23.7 Å². The summed E-state index contributed by atoms with van der Waals surface area (Å²) in [6.07, 6.45) is 2.50. The third kappa shape index (κ3) is 5.60. The van der Waals surface area contributed by atoms with E-state index in [0.717, 1.165) is 24.2 Å². The standard InChI is InChI=1S/C26H31ClN4O4/c1-35-21-8-4-19(5-9-21)25(10-11-25)23(33)31-26(12-14-28-15-13-26)24(34)30-17-16-29-22(32)18-2-6-20(27)7-3-18/h2-9,28H,10-17H2,1H3,(H,29,32)(H,30,34)(H,31,33). The van der Waals surface area contributed by atoms with Crippen molar-refractivity contribution in [1.82, 2.24) is 21.3 Å². The first kappa shape index (κ1) is 25.0. The normalized spacial score (nSPS) is 17.7. The molecule has 1 saturated carbocycles. The number of rotatable bonds is 9. The van der Waals surface area contributed by atoms with Crippen LogP contribution in [0.3, 0.4) is 0 Å². The van der Waals surface area contributed by atoms with Crippen LogP contribution in [0.15, 0.2) is 48.5 Å². The molecule has 3 amide bonds. The fourth-order valence-corrected chi connectivity index (χ4v) is 4.63. The van der Waals surface area contributed by atoms with Gasteiger partial charge in [0.15, 0.2) is 0 Å². The summed E-state index contributed by atoms with van der Waals surface area (Å²) in [5.74, 6) is 0.160. The van der Waals surface area contributed by atoms with E-state index in [2.05, 4.69) is 21.3 Å². The molecular weight excluding hydrogens is 468 g/mol. The van der Waals surface area contributed by atoms with E-state index in [0.29, 0.717) is 36.5 Å². The molecule has 1 aliphatic carbocycles. The number of methoxy groups -OCH3 is 1. The Morgan fingerprint density at radius 2 is 1.51 bits per heavy atom. The third-order valence-corrected chi connectivity index (χ3v) is 7.13. The SMILES string of the molecule is COc1ccc(C2(C(=O)NC3(C(=O)NCCNC(=O)c4ccc(Cl)cc4)CCNCC3)CC2)cc1. The van der Waals surface area contributed by atoms with Crippen molar-refractivity contribution < 1.29 is 19.1 Å². The predicted octanol–water partition coefficient (Wildman–Crippen LogP) is 2.16. The Labute approximate surface area is 210 Å². The number of benzene rings is 2. The Hall–Kier alpha value is -3.10. The Kier molecular flexibility index (Phi) is 7.62. The van der Waals surface area contributed by atoms with E-state index < -0.39 is 11.0 Å². The molecule has 0 unspecified atom stereocenters. The van der Waals surface area contributed by atoms with E-state index in [1.54, 1.807) is 31.4 Å². The molecule has 4 rings (SSSR count). The van der Waals surface area contributed by atoms with Crippen molar-refractivity contribution in [2.45, 2.75) is 36.6 Å². The van der Waals surface area contributed by atoms with Crippen LogP contribution < -0.4 is 26.0 Å². The number of nitrogens with one attached hydrogen (secondary N) is 4. The van der Waals surface area contributed by atoms with Crippen LogP contribution in [0.1, 0.15) is 41.6 Å². The number of piperidine rings is 1. The van der Waals surface area contributed by atoms with Gasteiger partial charge in [-0.15, -0.1) is 0 Å². The van der Waals surface area contributed by atoms with Crippen molar-refractivity contribution in [2.75, 3.05) is 33.3 Å². The second-order valence-electron chi connectivity index (χ2n) is 9.12. The topological polar surface area (TPSA) is 109 Å². The molecule has 0 radical (unpaired) electrons. The summed E-state index contributed by atoms with van der Waals surface area (Å²) >= 11 is 5.86. The number of halogens is 1. The molecule has 0 atom stereocenters. The summed E-state index contributed by atoms with van der Waals surface area (Å²) in [6, 6.07) is 14.1. The van der Waals surface area contributed by atoms with E-state index >= 15 is 0 Å². The number of ether oxygens (including phenoxy) is 1. The highest BCUT2D eigenvalue weighted by Gasteiger charge is 2.54. The van der Waals surface area contributed by atoms with Gasteiger partial charge in [0.2, 0.25) is 11.8 Å². The predicted molar refractivity (Wildman–Crippen MR) is 134 cm³/mol. The Morgan fingerprint density at radius 3 is 2.11 bits per heavy atom. The average Bonchev–Trinajstić information content (AvgIpc) is 3.70. The lowest BCUT2D eigenvalue weighted by atomic mass is 9.85. The molecule has 2 aromatic rings. The molecule has 186 valence electrons. The summed E-state index contributed by atoms with van der Waals surface area (Å²) in [4.78, 5) is 39.0. The Balaban J connectivity index is 1.35. The summed E-state index contributed by atoms with van der Waals surface area (Å²) < 4.78 is 5.23. The van der Waals surface area contributed by atoms with E-state index in [-0.39, 0.29) is 30.8 Å². The highest BCUT2D eigenvalue weighted by atomic mass is 35.5. The van der Waals surface area contributed by atoms with Crippen LogP contribution in [-0.4, -0.2) is 56.5 Å². The van der Waals surface area contributed by atoms with Gasteiger partial charge >= 0.3 is 0 Å². The van der Waals surface area contributed by atoms with Crippen molar-refractivity contribution in [3.05, 3.63) is 64.7 Å². The lowest BCUT2D eigenvalue weighted by molar-refractivity contribution is -0.135. The van der Waals surface area contributed by atoms with Crippen LogP contribution in [0.2, 0.25) is 5.02 Å². The minimum atomic E-state index is -0.982. The first-order valence-corrected chi connectivity index (χ1v) is 12.3. The molecule has 0 spiro atoms. The number of carbonyl (C=O) groups excluding carboxylic acids is 3. The fourth-order valence-electron chi connectivity index (χ4n) is 4.51. The largest absolute Gasteiger partial charge is 0.497 e. The number of carbonyl (C=O) groups is 3. The number of hydrogen-bond donors (Lipinski definition) is 4. The summed E-state index contributed by atoms with van der Waals surface area (Å²) in [5, 5.41) is 12.6. The lowest BCUT2D eigenvalue weighted by Gasteiger charge is -2.38. The summed E-state index contributed by atoms with van der Waals surface area (Å²) in [5.41, 5.74) is -0.150. The van der Waals surface area contributed by atoms with Crippen molar-refractivity contribution >= 4 is 29.3 Å².